The molecule has 0 atom stereocenters. The minimum absolute atomic E-state index is 0.386. The van der Waals surface area contributed by atoms with Crippen LogP contribution in [0.1, 0.15) is 24.3 Å². The van der Waals surface area contributed by atoms with Crippen molar-refractivity contribution in [1.29, 1.82) is 0 Å². The topological polar surface area (TPSA) is 95.4 Å². The van der Waals surface area contributed by atoms with E-state index in [0.29, 0.717) is 5.13 Å². The van der Waals surface area contributed by atoms with E-state index in [0.717, 1.165) is 36.8 Å². The van der Waals surface area contributed by atoms with Crippen LogP contribution in [0.3, 0.4) is 0 Å². The Morgan fingerprint density at radius 1 is 1.25 bits per heavy atom. The second-order valence-corrected chi connectivity index (χ2v) is 5.56. The first-order valence-corrected chi connectivity index (χ1v) is 7.22. The lowest BCUT2D eigenvalue weighted by Gasteiger charge is -2.24. The van der Waals surface area contributed by atoms with Crippen LogP contribution in [0.5, 0.6) is 0 Å². The van der Waals surface area contributed by atoms with Crippen molar-refractivity contribution in [2.24, 2.45) is 0 Å². The molecule has 7 nitrogen and oxygen atoms in total. The molecular formula is C12H16N4O3S. The number of aromatic nitrogens is 2. The Morgan fingerprint density at radius 2 is 2.00 bits per heavy atom. The average Bonchev–Trinajstić information content (AvgIpc) is 2.85. The van der Waals surface area contributed by atoms with Crippen molar-refractivity contribution >= 4 is 28.3 Å². The van der Waals surface area contributed by atoms with E-state index < -0.39 is 11.9 Å². The van der Waals surface area contributed by atoms with Gasteiger partial charge in [0.1, 0.15) is 5.01 Å². The Hall–Kier alpha value is -1.80. The van der Waals surface area contributed by atoms with Gasteiger partial charge in [0.05, 0.1) is 6.54 Å². The number of carbonyl (C=O) groups excluding carboxylic acids is 1. The molecule has 0 aliphatic carbocycles. The molecule has 1 aromatic heterocycles. The summed E-state index contributed by atoms with van der Waals surface area (Å²) in [5.74, 6) is -1.68. The van der Waals surface area contributed by atoms with Crippen LogP contribution < -0.4 is 5.32 Å². The number of nitrogens with zero attached hydrogens (tertiary/aromatic N) is 3. The third kappa shape index (κ3) is 4.71. The molecule has 20 heavy (non-hydrogen) atoms. The van der Waals surface area contributed by atoms with Crippen LogP contribution in [0, 0.1) is 0 Å². The van der Waals surface area contributed by atoms with Gasteiger partial charge in [-0.1, -0.05) is 17.8 Å². The zero-order valence-corrected chi connectivity index (χ0v) is 11.7. The number of anilines is 1. The van der Waals surface area contributed by atoms with E-state index >= 15 is 0 Å². The van der Waals surface area contributed by atoms with Crippen molar-refractivity contribution in [2.75, 3.05) is 18.4 Å². The molecule has 0 bridgehead atoms. The van der Waals surface area contributed by atoms with Crippen molar-refractivity contribution in [1.82, 2.24) is 15.1 Å². The molecule has 2 rings (SSSR count). The predicted molar refractivity (Wildman–Crippen MR) is 74.4 cm³/mol. The second kappa shape index (κ2) is 7.11. The van der Waals surface area contributed by atoms with Gasteiger partial charge in [0.25, 0.3) is 0 Å². The van der Waals surface area contributed by atoms with E-state index in [-0.39, 0.29) is 0 Å². The first-order chi connectivity index (χ1) is 9.63. The molecule has 108 valence electrons. The highest BCUT2D eigenvalue weighted by Crippen LogP contribution is 2.19. The predicted octanol–water partition coefficient (Wildman–Crippen LogP) is 1.10. The minimum Gasteiger partial charge on any atom is -0.478 e. The molecule has 2 heterocycles. The smallest absolute Gasteiger partial charge is 0.328 e. The number of likely N-dealkylation sites (tertiary alicyclic amines) is 1. The largest absolute Gasteiger partial charge is 0.478 e. The summed E-state index contributed by atoms with van der Waals surface area (Å²) in [4.78, 5) is 24.0. The van der Waals surface area contributed by atoms with Crippen LogP contribution in [0.4, 0.5) is 5.13 Å². The van der Waals surface area contributed by atoms with Gasteiger partial charge < -0.3 is 5.11 Å². The lowest BCUT2D eigenvalue weighted by atomic mass is 10.1. The summed E-state index contributed by atoms with van der Waals surface area (Å²) in [6, 6.07) is 0. The number of amides is 1. The monoisotopic (exact) mass is 296 g/mol. The number of hydrogen-bond acceptors (Lipinski definition) is 6. The number of piperidine rings is 1. The van der Waals surface area contributed by atoms with Crippen molar-refractivity contribution in [2.45, 2.75) is 25.8 Å². The van der Waals surface area contributed by atoms with Crippen LogP contribution in [0.15, 0.2) is 12.2 Å². The highest BCUT2D eigenvalue weighted by molar-refractivity contribution is 7.15. The maximum atomic E-state index is 11.4. The zero-order chi connectivity index (χ0) is 14.4. The molecule has 1 saturated heterocycles. The number of carboxylic acids is 1. The van der Waals surface area contributed by atoms with E-state index in [1.807, 2.05) is 0 Å². The SMILES string of the molecule is O=C(O)/C=C/C(=O)Nc1nnc(CN2CCCCC2)s1. The molecule has 0 saturated carbocycles. The Kier molecular flexibility index (Phi) is 5.19. The molecule has 1 aromatic rings. The molecule has 1 aliphatic heterocycles. The Labute approximate surface area is 120 Å². The fourth-order valence-corrected chi connectivity index (χ4v) is 2.76. The van der Waals surface area contributed by atoms with Crippen molar-refractivity contribution in [3.63, 3.8) is 0 Å². The fourth-order valence-electron chi connectivity index (χ4n) is 1.97. The number of rotatable bonds is 5. The average molecular weight is 296 g/mol. The molecule has 1 fully saturated rings. The summed E-state index contributed by atoms with van der Waals surface area (Å²) >= 11 is 1.31. The highest BCUT2D eigenvalue weighted by atomic mass is 32.1. The van der Waals surface area contributed by atoms with Crippen molar-refractivity contribution in [3.8, 4) is 0 Å². The molecule has 0 unspecified atom stereocenters. The number of nitrogens with one attached hydrogen (secondary N) is 1. The van der Waals surface area contributed by atoms with Crippen LogP contribution in [-0.4, -0.2) is 45.2 Å². The van der Waals surface area contributed by atoms with Crippen LogP contribution in [0.2, 0.25) is 0 Å². The van der Waals surface area contributed by atoms with Gasteiger partial charge in [-0.2, -0.15) is 0 Å². The Balaban J connectivity index is 1.85. The molecule has 8 heteroatoms. The lowest BCUT2D eigenvalue weighted by Crippen LogP contribution is -2.28. The number of hydrogen-bond donors (Lipinski definition) is 2. The van der Waals surface area contributed by atoms with Gasteiger partial charge in [0, 0.05) is 12.2 Å². The van der Waals surface area contributed by atoms with E-state index in [9.17, 15) is 9.59 Å². The molecule has 1 aliphatic rings. The van der Waals surface area contributed by atoms with E-state index in [2.05, 4.69) is 20.4 Å². The summed E-state index contributed by atoms with van der Waals surface area (Å²) in [5.41, 5.74) is 0. The summed E-state index contributed by atoms with van der Waals surface area (Å²) in [5, 5.41) is 20.1. The Bertz CT molecular complexity index is 509. The van der Waals surface area contributed by atoms with Crippen LogP contribution >= 0.6 is 11.3 Å². The molecule has 0 radical (unpaired) electrons. The van der Waals surface area contributed by atoms with Crippen molar-refractivity contribution in [3.05, 3.63) is 17.2 Å². The summed E-state index contributed by atoms with van der Waals surface area (Å²) in [7, 11) is 0. The van der Waals surface area contributed by atoms with Crippen molar-refractivity contribution < 1.29 is 14.7 Å². The second-order valence-electron chi connectivity index (χ2n) is 4.50. The number of carboxylic acid groups (broad SMARTS) is 1. The molecule has 0 aromatic carbocycles. The molecular weight excluding hydrogens is 280 g/mol. The zero-order valence-electron chi connectivity index (χ0n) is 10.9. The van der Waals surface area contributed by atoms with Gasteiger partial charge in [-0.25, -0.2) is 4.79 Å². The third-order valence-corrected chi connectivity index (χ3v) is 3.71. The fraction of sp³-hybridized carbons (Fsp3) is 0.500. The maximum absolute atomic E-state index is 11.4. The van der Waals surface area contributed by atoms with Gasteiger partial charge in [-0.3, -0.25) is 15.0 Å². The van der Waals surface area contributed by atoms with E-state index in [4.69, 9.17) is 5.11 Å². The summed E-state index contributed by atoms with van der Waals surface area (Å²) in [6.07, 6.45) is 5.44. The molecule has 0 spiro atoms. The normalized spacial score (nSPS) is 16.4. The standard InChI is InChI=1S/C12H16N4O3S/c17-9(4-5-11(18)19)13-12-15-14-10(20-12)8-16-6-2-1-3-7-16/h4-5H,1-3,6-8H2,(H,18,19)(H,13,15,17)/b5-4+. The van der Waals surface area contributed by atoms with Crippen LogP contribution in [-0.2, 0) is 16.1 Å². The van der Waals surface area contributed by atoms with E-state index in [1.165, 1.54) is 30.6 Å². The van der Waals surface area contributed by atoms with Gasteiger partial charge in [0.2, 0.25) is 11.0 Å². The first-order valence-electron chi connectivity index (χ1n) is 6.40. The van der Waals surface area contributed by atoms with Gasteiger partial charge >= 0.3 is 5.97 Å². The van der Waals surface area contributed by atoms with Gasteiger partial charge in [-0.05, 0) is 25.9 Å². The minimum atomic E-state index is -1.16. The number of carbonyl (C=O) groups is 2. The maximum Gasteiger partial charge on any atom is 0.328 e. The third-order valence-electron chi connectivity index (χ3n) is 2.88. The Morgan fingerprint density at radius 3 is 2.70 bits per heavy atom. The highest BCUT2D eigenvalue weighted by Gasteiger charge is 2.13. The van der Waals surface area contributed by atoms with Gasteiger partial charge in [0.15, 0.2) is 0 Å². The van der Waals surface area contributed by atoms with Crippen LogP contribution in [0.25, 0.3) is 0 Å². The molecule has 1 amide bonds. The molecule has 2 N–H and O–H groups in total. The quantitative estimate of drug-likeness (QED) is 0.790. The summed E-state index contributed by atoms with van der Waals surface area (Å²) < 4.78 is 0. The summed E-state index contributed by atoms with van der Waals surface area (Å²) in [6.45, 7) is 2.89. The first kappa shape index (κ1) is 14.6. The number of aliphatic carboxylic acids is 1. The van der Waals surface area contributed by atoms with Gasteiger partial charge in [-0.15, -0.1) is 10.2 Å². The van der Waals surface area contributed by atoms with E-state index in [1.54, 1.807) is 0 Å². The lowest BCUT2D eigenvalue weighted by molar-refractivity contribution is -0.131.